The Kier molecular flexibility index (Phi) is 5.95. The van der Waals surface area contributed by atoms with Gasteiger partial charge in [0.15, 0.2) is 5.13 Å². The average Bonchev–Trinajstić information content (AvgIpc) is 3.15. The molecule has 1 heterocycles. The van der Waals surface area contributed by atoms with E-state index in [-0.39, 0.29) is 11.9 Å². The van der Waals surface area contributed by atoms with Gasteiger partial charge in [0.05, 0.1) is 5.69 Å². The maximum absolute atomic E-state index is 11.9. The molecular formula is C19H18N4O2S. The molecule has 0 aliphatic carbocycles. The summed E-state index contributed by atoms with van der Waals surface area (Å²) in [4.78, 5) is 28.2. The Hall–Kier alpha value is -3.19. The molecule has 0 atom stereocenters. The number of hydrogen-bond acceptors (Lipinski definition) is 4. The van der Waals surface area contributed by atoms with Crippen LogP contribution < -0.4 is 16.0 Å². The van der Waals surface area contributed by atoms with E-state index in [2.05, 4.69) is 20.9 Å². The lowest BCUT2D eigenvalue weighted by molar-refractivity contribution is 0.0954. The summed E-state index contributed by atoms with van der Waals surface area (Å²) in [5, 5.41) is 10.6. The predicted octanol–water partition coefficient (Wildman–Crippen LogP) is 3.36. The number of hydrogen-bond donors (Lipinski definition) is 3. The first kappa shape index (κ1) is 17.6. The number of urea groups is 1. The molecule has 0 radical (unpaired) electrons. The number of nitrogens with one attached hydrogen (secondary N) is 3. The van der Waals surface area contributed by atoms with E-state index in [0.29, 0.717) is 23.8 Å². The molecule has 3 amide bonds. The third-order valence-corrected chi connectivity index (χ3v) is 4.28. The summed E-state index contributed by atoms with van der Waals surface area (Å²) in [5.41, 5.74) is 2.41. The van der Waals surface area contributed by atoms with Crippen LogP contribution in [0.2, 0.25) is 0 Å². The molecule has 6 nitrogen and oxygen atoms in total. The summed E-state index contributed by atoms with van der Waals surface area (Å²) in [6.45, 7) is 0.662. The van der Waals surface area contributed by atoms with Gasteiger partial charge in [-0.3, -0.25) is 10.1 Å². The van der Waals surface area contributed by atoms with Crippen LogP contribution in [0.25, 0.3) is 11.3 Å². The summed E-state index contributed by atoms with van der Waals surface area (Å²) >= 11 is 1.36. The number of benzene rings is 2. The van der Waals surface area contributed by atoms with Gasteiger partial charge in [0, 0.05) is 29.6 Å². The molecule has 0 spiro atoms. The molecule has 0 unspecified atom stereocenters. The lowest BCUT2D eigenvalue weighted by atomic mass is 10.2. The number of anilines is 1. The SMILES string of the molecule is O=C(NCCNC(=O)c1ccccc1)Nc1nc(-c2ccccc2)cs1. The van der Waals surface area contributed by atoms with Gasteiger partial charge >= 0.3 is 6.03 Å². The van der Waals surface area contributed by atoms with Gasteiger partial charge in [-0.2, -0.15) is 0 Å². The quantitative estimate of drug-likeness (QED) is 0.585. The molecule has 0 aliphatic rings. The Morgan fingerprint density at radius 1 is 0.885 bits per heavy atom. The highest BCUT2D eigenvalue weighted by Crippen LogP contribution is 2.24. The van der Waals surface area contributed by atoms with Crippen molar-refractivity contribution in [2.24, 2.45) is 0 Å². The number of thiazole rings is 1. The van der Waals surface area contributed by atoms with Gasteiger partial charge in [0.1, 0.15) is 0 Å². The largest absolute Gasteiger partial charge is 0.350 e. The number of carbonyl (C=O) groups is 2. The zero-order valence-electron chi connectivity index (χ0n) is 13.9. The van der Waals surface area contributed by atoms with Crippen molar-refractivity contribution >= 4 is 28.4 Å². The molecule has 0 fully saturated rings. The van der Waals surface area contributed by atoms with Crippen molar-refractivity contribution in [2.75, 3.05) is 18.4 Å². The average molecular weight is 366 g/mol. The minimum absolute atomic E-state index is 0.166. The highest BCUT2D eigenvalue weighted by molar-refractivity contribution is 7.14. The van der Waals surface area contributed by atoms with Crippen molar-refractivity contribution in [3.63, 3.8) is 0 Å². The zero-order valence-corrected chi connectivity index (χ0v) is 14.8. The summed E-state index contributed by atoms with van der Waals surface area (Å²) < 4.78 is 0. The number of amides is 3. The summed E-state index contributed by atoms with van der Waals surface area (Å²) in [7, 11) is 0. The van der Waals surface area contributed by atoms with Crippen molar-refractivity contribution in [2.45, 2.75) is 0 Å². The van der Waals surface area contributed by atoms with Gasteiger partial charge in [0.2, 0.25) is 0 Å². The molecule has 0 saturated heterocycles. The van der Waals surface area contributed by atoms with E-state index < -0.39 is 0 Å². The highest BCUT2D eigenvalue weighted by atomic mass is 32.1. The van der Waals surface area contributed by atoms with Crippen molar-refractivity contribution in [1.82, 2.24) is 15.6 Å². The van der Waals surface area contributed by atoms with E-state index in [1.165, 1.54) is 11.3 Å². The number of rotatable bonds is 6. The molecule has 7 heteroatoms. The van der Waals surface area contributed by atoms with Crippen LogP contribution in [0, 0.1) is 0 Å². The van der Waals surface area contributed by atoms with Crippen LogP contribution in [0.1, 0.15) is 10.4 Å². The zero-order chi connectivity index (χ0) is 18.2. The molecule has 2 aromatic carbocycles. The summed E-state index contributed by atoms with van der Waals surface area (Å²) in [6, 6.07) is 18.3. The standard InChI is InChI=1S/C19H18N4O2S/c24-17(15-9-5-2-6-10-15)20-11-12-21-18(25)23-19-22-16(13-26-19)14-7-3-1-4-8-14/h1-10,13H,11-12H2,(H,20,24)(H2,21,22,23,25). The minimum Gasteiger partial charge on any atom is -0.350 e. The van der Waals surface area contributed by atoms with Gasteiger partial charge < -0.3 is 10.6 Å². The van der Waals surface area contributed by atoms with Crippen molar-refractivity contribution in [3.05, 3.63) is 71.6 Å². The second-order valence-electron chi connectivity index (χ2n) is 5.41. The van der Waals surface area contributed by atoms with E-state index >= 15 is 0 Å². The van der Waals surface area contributed by atoms with Crippen LogP contribution in [0.5, 0.6) is 0 Å². The second kappa shape index (κ2) is 8.77. The van der Waals surface area contributed by atoms with Crippen LogP contribution in [0.3, 0.4) is 0 Å². The first-order valence-electron chi connectivity index (χ1n) is 8.11. The molecular weight excluding hydrogens is 348 g/mol. The predicted molar refractivity (Wildman–Crippen MR) is 103 cm³/mol. The number of nitrogens with zero attached hydrogens (tertiary/aromatic N) is 1. The summed E-state index contributed by atoms with van der Waals surface area (Å²) in [6.07, 6.45) is 0. The molecule has 1 aromatic heterocycles. The first-order chi connectivity index (χ1) is 12.7. The third kappa shape index (κ3) is 4.90. The molecule has 0 bridgehead atoms. The van der Waals surface area contributed by atoms with Gasteiger partial charge in [-0.15, -0.1) is 11.3 Å². The molecule has 3 rings (SSSR count). The van der Waals surface area contributed by atoms with Crippen molar-refractivity contribution in [1.29, 1.82) is 0 Å². The van der Waals surface area contributed by atoms with Crippen molar-refractivity contribution in [3.8, 4) is 11.3 Å². The van der Waals surface area contributed by atoms with Gasteiger partial charge in [-0.25, -0.2) is 9.78 Å². The lowest BCUT2D eigenvalue weighted by Gasteiger charge is -2.07. The van der Waals surface area contributed by atoms with E-state index in [1.807, 2.05) is 41.8 Å². The third-order valence-electron chi connectivity index (χ3n) is 3.53. The van der Waals surface area contributed by atoms with Gasteiger partial charge in [-0.05, 0) is 12.1 Å². The molecule has 26 heavy (non-hydrogen) atoms. The fraction of sp³-hybridized carbons (Fsp3) is 0.105. The fourth-order valence-corrected chi connectivity index (χ4v) is 2.97. The smallest absolute Gasteiger partial charge is 0.321 e. The Morgan fingerprint density at radius 3 is 2.27 bits per heavy atom. The van der Waals surface area contributed by atoms with Crippen LogP contribution in [0.15, 0.2) is 66.0 Å². The Balaban J connectivity index is 1.41. The Bertz CT molecular complexity index is 866. The monoisotopic (exact) mass is 366 g/mol. The maximum Gasteiger partial charge on any atom is 0.321 e. The van der Waals surface area contributed by atoms with E-state index in [1.54, 1.807) is 24.3 Å². The molecule has 132 valence electrons. The van der Waals surface area contributed by atoms with Crippen LogP contribution in [-0.4, -0.2) is 30.0 Å². The van der Waals surface area contributed by atoms with Crippen LogP contribution in [-0.2, 0) is 0 Å². The molecule has 3 aromatic rings. The fourth-order valence-electron chi connectivity index (χ4n) is 2.26. The molecule has 3 N–H and O–H groups in total. The van der Waals surface area contributed by atoms with E-state index in [0.717, 1.165) is 11.3 Å². The molecule has 0 aliphatic heterocycles. The van der Waals surface area contributed by atoms with E-state index in [9.17, 15) is 9.59 Å². The van der Waals surface area contributed by atoms with E-state index in [4.69, 9.17) is 0 Å². The van der Waals surface area contributed by atoms with Gasteiger partial charge in [-0.1, -0.05) is 48.5 Å². The van der Waals surface area contributed by atoms with Crippen LogP contribution >= 0.6 is 11.3 Å². The lowest BCUT2D eigenvalue weighted by Crippen LogP contribution is -2.36. The number of aromatic nitrogens is 1. The van der Waals surface area contributed by atoms with Crippen LogP contribution in [0.4, 0.5) is 9.93 Å². The number of carbonyl (C=O) groups excluding carboxylic acids is 2. The van der Waals surface area contributed by atoms with Gasteiger partial charge in [0.25, 0.3) is 5.91 Å². The normalized spacial score (nSPS) is 10.2. The topological polar surface area (TPSA) is 83.1 Å². The summed E-state index contributed by atoms with van der Waals surface area (Å²) in [5.74, 6) is -0.166. The Labute approximate surface area is 155 Å². The molecule has 0 saturated carbocycles. The minimum atomic E-state index is -0.354. The van der Waals surface area contributed by atoms with Crippen molar-refractivity contribution < 1.29 is 9.59 Å². The maximum atomic E-state index is 11.9. The second-order valence-corrected chi connectivity index (χ2v) is 6.26. The first-order valence-corrected chi connectivity index (χ1v) is 8.99. The Morgan fingerprint density at radius 2 is 1.54 bits per heavy atom. The highest BCUT2D eigenvalue weighted by Gasteiger charge is 2.08.